The highest BCUT2D eigenvalue weighted by molar-refractivity contribution is 6.99. The topological polar surface area (TPSA) is 107 Å². The van der Waals surface area contributed by atoms with E-state index in [1.54, 1.807) is 0 Å². The molecule has 1 fully saturated rings. The van der Waals surface area contributed by atoms with Crippen LogP contribution in [-0.2, 0) is 4.43 Å². The molecular formula is C23H30N6OSi. The second-order valence-electron chi connectivity index (χ2n) is 9.20. The Morgan fingerprint density at radius 1 is 0.871 bits per heavy atom. The lowest BCUT2D eigenvalue weighted by Crippen LogP contribution is -2.67. The maximum absolute atomic E-state index is 8.95. The molecular weight excluding hydrogens is 404 g/mol. The van der Waals surface area contributed by atoms with Gasteiger partial charge in [-0.3, -0.25) is 0 Å². The molecule has 31 heavy (non-hydrogen) atoms. The molecule has 0 radical (unpaired) electrons. The van der Waals surface area contributed by atoms with Gasteiger partial charge in [0.15, 0.2) is 0 Å². The van der Waals surface area contributed by atoms with Crippen molar-refractivity contribution in [3.05, 3.63) is 81.5 Å². The van der Waals surface area contributed by atoms with Gasteiger partial charge in [-0.05, 0) is 51.7 Å². The van der Waals surface area contributed by atoms with Gasteiger partial charge in [0.05, 0.1) is 0 Å². The minimum Gasteiger partial charge on any atom is -0.407 e. The quantitative estimate of drug-likeness (QED) is 0.236. The summed E-state index contributed by atoms with van der Waals surface area (Å²) in [6.45, 7) is 7.38. The van der Waals surface area contributed by atoms with E-state index in [0.29, 0.717) is 19.4 Å². The van der Waals surface area contributed by atoms with Gasteiger partial charge in [0.1, 0.15) is 0 Å². The number of azide groups is 2. The van der Waals surface area contributed by atoms with E-state index in [4.69, 9.17) is 15.5 Å². The van der Waals surface area contributed by atoms with Crippen molar-refractivity contribution in [3.63, 3.8) is 0 Å². The van der Waals surface area contributed by atoms with Gasteiger partial charge < -0.3 is 4.43 Å². The Hall–Kier alpha value is -2.76. The maximum atomic E-state index is 8.95. The molecule has 1 aliphatic carbocycles. The van der Waals surface area contributed by atoms with Crippen LogP contribution in [-0.4, -0.2) is 27.0 Å². The molecule has 7 nitrogen and oxygen atoms in total. The first kappa shape index (κ1) is 22.9. The van der Waals surface area contributed by atoms with Gasteiger partial charge in [0, 0.05) is 28.5 Å². The fraction of sp³-hybridized carbons (Fsp3) is 0.478. The van der Waals surface area contributed by atoms with Crippen LogP contribution in [0, 0.1) is 5.92 Å². The van der Waals surface area contributed by atoms with Gasteiger partial charge in [-0.1, -0.05) is 91.7 Å². The van der Waals surface area contributed by atoms with Crippen molar-refractivity contribution >= 4 is 18.7 Å². The van der Waals surface area contributed by atoms with E-state index in [1.165, 1.54) is 10.4 Å². The van der Waals surface area contributed by atoms with Crippen molar-refractivity contribution in [2.75, 3.05) is 6.61 Å². The molecule has 162 valence electrons. The molecule has 2 aromatic rings. The number of benzene rings is 2. The molecule has 0 saturated heterocycles. The van der Waals surface area contributed by atoms with Crippen LogP contribution in [0.3, 0.4) is 0 Å². The Balaban J connectivity index is 1.93. The molecule has 0 amide bonds. The van der Waals surface area contributed by atoms with Gasteiger partial charge in [-0.2, -0.15) is 0 Å². The van der Waals surface area contributed by atoms with E-state index in [1.807, 2.05) is 12.1 Å². The van der Waals surface area contributed by atoms with Crippen LogP contribution < -0.4 is 10.4 Å². The summed E-state index contributed by atoms with van der Waals surface area (Å²) in [5.41, 5.74) is 17.8. The van der Waals surface area contributed by atoms with Gasteiger partial charge in [0.2, 0.25) is 0 Å². The molecule has 0 N–H and O–H groups in total. The van der Waals surface area contributed by atoms with Crippen LogP contribution in [0.4, 0.5) is 0 Å². The second-order valence-corrected chi connectivity index (χ2v) is 13.5. The molecule has 2 aromatic carbocycles. The first-order chi connectivity index (χ1) is 14.9. The lowest BCUT2D eigenvalue weighted by Gasteiger charge is -2.44. The summed E-state index contributed by atoms with van der Waals surface area (Å²) < 4.78 is 7.03. The molecule has 1 unspecified atom stereocenters. The first-order valence-electron chi connectivity index (χ1n) is 10.8. The minimum absolute atomic E-state index is 0.0811. The number of hydrogen-bond acceptors (Lipinski definition) is 3. The monoisotopic (exact) mass is 434 g/mol. The van der Waals surface area contributed by atoms with Gasteiger partial charge in [0.25, 0.3) is 8.32 Å². The van der Waals surface area contributed by atoms with Gasteiger partial charge in [-0.25, -0.2) is 0 Å². The van der Waals surface area contributed by atoms with Crippen molar-refractivity contribution < 1.29 is 4.43 Å². The normalized spacial score (nSPS) is 21.6. The Morgan fingerprint density at radius 2 is 1.39 bits per heavy atom. The van der Waals surface area contributed by atoms with Gasteiger partial charge in [-0.15, -0.1) is 0 Å². The van der Waals surface area contributed by atoms with Crippen molar-refractivity contribution in [3.8, 4) is 0 Å². The van der Waals surface area contributed by atoms with Crippen LogP contribution >= 0.6 is 0 Å². The molecule has 0 spiro atoms. The standard InChI is InChI=1S/C23H30N6OSi/c1-23(2,3)31(19-10-6-4-7-11-19,20-12-8-5-9-13-20)30-17-18-14-15-21(26-28-24)22(16-18)27-29-25/h4-13,18,21-22H,14-17H2,1-3H3/t18?,21-,22+/m0/s1. The average molecular weight is 435 g/mol. The maximum Gasteiger partial charge on any atom is 0.261 e. The second kappa shape index (κ2) is 10.0. The largest absolute Gasteiger partial charge is 0.407 e. The van der Waals surface area contributed by atoms with Crippen LogP contribution in [0.25, 0.3) is 20.9 Å². The third-order valence-corrected chi connectivity index (χ3v) is 11.2. The van der Waals surface area contributed by atoms with E-state index in [0.717, 1.165) is 6.42 Å². The molecule has 3 rings (SSSR count). The van der Waals surface area contributed by atoms with E-state index in [2.05, 4.69) is 89.4 Å². The predicted molar refractivity (Wildman–Crippen MR) is 127 cm³/mol. The fourth-order valence-electron chi connectivity index (χ4n) is 4.76. The Morgan fingerprint density at radius 3 is 1.87 bits per heavy atom. The highest BCUT2D eigenvalue weighted by Crippen LogP contribution is 2.38. The smallest absolute Gasteiger partial charge is 0.261 e. The minimum atomic E-state index is -2.59. The zero-order valence-electron chi connectivity index (χ0n) is 18.4. The highest BCUT2D eigenvalue weighted by Gasteiger charge is 2.50. The predicted octanol–water partition coefficient (Wildman–Crippen LogP) is 5.72. The summed E-state index contributed by atoms with van der Waals surface area (Å²) in [4.78, 5) is 5.91. The SMILES string of the molecule is CC(C)(C)[Si](OCC1CC[C@H](N=[N+]=[N-])[C@H](N=[N+]=[N-])C1)(c1ccccc1)c1ccccc1. The highest BCUT2D eigenvalue weighted by atomic mass is 28.4. The van der Waals surface area contributed by atoms with E-state index >= 15 is 0 Å². The summed E-state index contributed by atoms with van der Waals surface area (Å²) in [6, 6.07) is 20.6. The Bertz CT molecular complexity index is 910. The van der Waals surface area contributed by atoms with Crippen LogP contribution in [0.2, 0.25) is 5.04 Å². The molecule has 0 aliphatic heterocycles. The third kappa shape index (κ3) is 4.94. The van der Waals surface area contributed by atoms with Crippen LogP contribution in [0.1, 0.15) is 40.0 Å². The van der Waals surface area contributed by atoms with E-state index < -0.39 is 8.32 Å². The molecule has 0 heterocycles. The molecule has 3 atom stereocenters. The van der Waals surface area contributed by atoms with Gasteiger partial charge >= 0.3 is 0 Å². The van der Waals surface area contributed by atoms with Crippen molar-refractivity contribution in [1.82, 2.24) is 0 Å². The summed E-state index contributed by atoms with van der Waals surface area (Å²) >= 11 is 0. The van der Waals surface area contributed by atoms with Crippen molar-refractivity contribution in [2.45, 2.75) is 57.2 Å². The first-order valence-corrected chi connectivity index (χ1v) is 12.7. The molecule has 8 heteroatoms. The average Bonchev–Trinajstić information content (AvgIpc) is 2.77. The fourth-order valence-corrected chi connectivity index (χ4v) is 9.40. The Labute approximate surface area is 184 Å². The number of rotatable bonds is 7. The molecule has 1 aliphatic rings. The van der Waals surface area contributed by atoms with Crippen LogP contribution in [0.15, 0.2) is 70.9 Å². The Kier molecular flexibility index (Phi) is 7.41. The zero-order chi connectivity index (χ0) is 22.3. The van der Waals surface area contributed by atoms with Crippen LogP contribution in [0.5, 0.6) is 0 Å². The lowest BCUT2D eigenvalue weighted by atomic mass is 9.83. The summed E-state index contributed by atoms with van der Waals surface area (Å²) in [5, 5.41) is 10.2. The van der Waals surface area contributed by atoms with E-state index in [-0.39, 0.29) is 23.0 Å². The summed E-state index contributed by atoms with van der Waals surface area (Å²) in [6.07, 6.45) is 2.27. The zero-order valence-corrected chi connectivity index (χ0v) is 19.4. The van der Waals surface area contributed by atoms with Crippen molar-refractivity contribution in [2.24, 2.45) is 16.1 Å². The third-order valence-electron chi connectivity index (χ3n) is 6.24. The number of hydrogen-bond donors (Lipinski definition) is 0. The van der Waals surface area contributed by atoms with Crippen molar-refractivity contribution in [1.29, 1.82) is 0 Å². The molecule has 0 aromatic heterocycles. The van der Waals surface area contributed by atoms with E-state index in [9.17, 15) is 0 Å². The summed E-state index contributed by atoms with van der Waals surface area (Å²) in [7, 11) is -2.59. The summed E-state index contributed by atoms with van der Waals surface area (Å²) in [5.74, 6) is 0.252. The molecule has 0 bridgehead atoms. The molecule has 1 saturated carbocycles. The lowest BCUT2D eigenvalue weighted by molar-refractivity contribution is 0.179. The number of nitrogens with zero attached hydrogens (tertiary/aromatic N) is 6.